The average Bonchev–Trinajstić information content (AvgIpc) is 3.05. The molecule has 2 saturated heterocycles. The van der Waals surface area contributed by atoms with E-state index in [-0.39, 0.29) is 29.4 Å². The molecule has 1 aliphatic carbocycles. The predicted octanol–water partition coefficient (Wildman–Crippen LogP) is 2.75. The van der Waals surface area contributed by atoms with Gasteiger partial charge in [0.05, 0.1) is 6.61 Å². The van der Waals surface area contributed by atoms with E-state index in [2.05, 4.69) is 27.3 Å². The molecular formula is C20H28IN3O3. The molecule has 1 spiro atoms. The van der Waals surface area contributed by atoms with Crippen molar-refractivity contribution in [1.29, 1.82) is 0 Å². The van der Waals surface area contributed by atoms with Gasteiger partial charge in [-0.3, -0.25) is 4.99 Å². The highest BCUT2D eigenvalue weighted by Crippen LogP contribution is 2.50. The quantitative estimate of drug-likeness (QED) is 0.406. The molecule has 3 aliphatic heterocycles. The van der Waals surface area contributed by atoms with Crippen molar-refractivity contribution in [2.24, 2.45) is 10.4 Å². The predicted molar refractivity (Wildman–Crippen MR) is 114 cm³/mol. The first kappa shape index (κ1) is 19.1. The molecule has 148 valence electrons. The topological polar surface area (TPSA) is 55.3 Å². The van der Waals surface area contributed by atoms with E-state index in [0.29, 0.717) is 12.2 Å². The van der Waals surface area contributed by atoms with Gasteiger partial charge in [-0.25, -0.2) is 0 Å². The number of fused-ring (bicyclic) bond motifs is 1. The number of guanidine groups is 1. The van der Waals surface area contributed by atoms with Gasteiger partial charge in [0.25, 0.3) is 0 Å². The van der Waals surface area contributed by atoms with Crippen molar-refractivity contribution in [3.8, 4) is 11.5 Å². The third kappa shape index (κ3) is 3.48. The van der Waals surface area contributed by atoms with Crippen LogP contribution in [0.1, 0.15) is 31.2 Å². The van der Waals surface area contributed by atoms with Crippen molar-refractivity contribution in [3.05, 3.63) is 23.8 Å². The maximum absolute atomic E-state index is 5.65. The van der Waals surface area contributed by atoms with Crippen molar-refractivity contribution in [2.75, 3.05) is 46.7 Å². The van der Waals surface area contributed by atoms with Crippen molar-refractivity contribution in [1.82, 2.24) is 10.2 Å². The van der Waals surface area contributed by atoms with Crippen LogP contribution >= 0.6 is 24.0 Å². The van der Waals surface area contributed by atoms with Crippen LogP contribution in [-0.2, 0) is 10.2 Å². The maximum Gasteiger partial charge on any atom is 0.231 e. The summed E-state index contributed by atoms with van der Waals surface area (Å²) in [6.45, 7) is 5.19. The Morgan fingerprint density at radius 1 is 1.19 bits per heavy atom. The van der Waals surface area contributed by atoms with Crippen LogP contribution in [0.15, 0.2) is 23.2 Å². The van der Waals surface area contributed by atoms with Gasteiger partial charge in [-0.1, -0.05) is 6.07 Å². The molecule has 5 rings (SSSR count). The third-order valence-corrected chi connectivity index (χ3v) is 6.56. The molecule has 6 nitrogen and oxygen atoms in total. The molecule has 0 bridgehead atoms. The zero-order chi connectivity index (χ0) is 17.6. The largest absolute Gasteiger partial charge is 0.454 e. The SMILES string of the molecule is CN=C(NCC1(c2ccc3c(c2)OCO3)CC1)N1CCC2(CCOC2)C1.I. The number of likely N-dealkylation sites (tertiary alicyclic amines) is 1. The van der Waals surface area contributed by atoms with Gasteiger partial charge in [0, 0.05) is 44.1 Å². The van der Waals surface area contributed by atoms with Gasteiger partial charge in [-0.15, -0.1) is 24.0 Å². The molecule has 1 saturated carbocycles. The lowest BCUT2D eigenvalue weighted by atomic mass is 9.87. The van der Waals surface area contributed by atoms with Gasteiger partial charge in [0.1, 0.15) is 0 Å². The molecule has 4 aliphatic rings. The van der Waals surface area contributed by atoms with Crippen LogP contribution < -0.4 is 14.8 Å². The fourth-order valence-corrected chi connectivity index (χ4v) is 4.61. The highest BCUT2D eigenvalue weighted by Gasteiger charge is 2.46. The number of aliphatic imine (C=N–C) groups is 1. The standard InChI is InChI=1S/C20H27N3O3.HI/c1-21-18(23-8-6-19(12-23)7-9-24-13-19)22-11-20(4-5-20)15-2-3-16-17(10-15)26-14-25-16;/h2-3,10H,4-9,11-14H2,1H3,(H,21,22);1H. The molecule has 0 radical (unpaired) electrons. The number of nitrogens with zero attached hydrogens (tertiary/aromatic N) is 2. The Balaban J connectivity index is 0.00000180. The molecule has 1 atom stereocenters. The highest BCUT2D eigenvalue weighted by atomic mass is 127. The number of nitrogens with one attached hydrogen (secondary N) is 1. The molecule has 1 unspecified atom stereocenters. The van der Waals surface area contributed by atoms with Crippen LogP contribution in [0.3, 0.4) is 0 Å². The smallest absolute Gasteiger partial charge is 0.231 e. The fourth-order valence-electron chi connectivity index (χ4n) is 4.61. The van der Waals surface area contributed by atoms with Crippen molar-refractivity contribution < 1.29 is 14.2 Å². The molecule has 1 N–H and O–H groups in total. The minimum Gasteiger partial charge on any atom is -0.454 e. The van der Waals surface area contributed by atoms with Crippen LogP contribution in [0.5, 0.6) is 11.5 Å². The Hall–Kier alpha value is -1.22. The van der Waals surface area contributed by atoms with Gasteiger partial charge in [0.15, 0.2) is 17.5 Å². The van der Waals surface area contributed by atoms with Crippen LogP contribution in [-0.4, -0.2) is 57.5 Å². The van der Waals surface area contributed by atoms with Crippen LogP contribution in [0.2, 0.25) is 0 Å². The molecule has 1 aromatic rings. The normalized spacial score (nSPS) is 27.7. The van der Waals surface area contributed by atoms with E-state index in [1.807, 2.05) is 13.1 Å². The molecule has 0 aromatic heterocycles. The summed E-state index contributed by atoms with van der Waals surface area (Å²) in [5.41, 5.74) is 1.89. The van der Waals surface area contributed by atoms with Gasteiger partial charge < -0.3 is 24.4 Å². The number of hydrogen-bond donors (Lipinski definition) is 1. The van der Waals surface area contributed by atoms with E-state index in [9.17, 15) is 0 Å². The average molecular weight is 485 g/mol. The van der Waals surface area contributed by atoms with Crippen LogP contribution in [0.25, 0.3) is 0 Å². The molecule has 3 heterocycles. The van der Waals surface area contributed by atoms with E-state index < -0.39 is 0 Å². The van der Waals surface area contributed by atoms with E-state index in [1.54, 1.807) is 0 Å². The van der Waals surface area contributed by atoms with E-state index in [1.165, 1.54) is 31.2 Å². The first-order chi connectivity index (χ1) is 12.7. The Labute approximate surface area is 177 Å². The second-order valence-electron chi connectivity index (χ2n) is 8.22. The second-order valence-corrected chi connectivity index (χ2v) is 8.22. The summed E-state index contributed by atoms with van der Waals surface area (Å²) in [7, 11) is 1.89. The lowest BCUT2D eigenvalue weighted by Crippen LogP contribution is -2.44. The van der Waals surface area contributed by atoms with Gasteiger partial charge in [-0.2, -0.15) is 0 Å². The molecule has 7 heteroatoms. The Kier molecular flexibility index (Phi) is 5.18. The molecule has 1 aromatic carbocycles. The summed E-state index contributed by atoms with van der Waals surface area (Å²) >= 11 is 0. The summed E-state index contributed by atoms with van der Waals surface area (Å²) < 4.78 is 16.7. The summed E-state index contributed by atoms with van der Waals surface area (Å²) in [6, 6.07) is 6.38. The summed E-state index contributed by atoms with van der Waals surface area (Å²) in [5, 5.41) is 3.65. The highest BCUT2D eigenvalue weighted by molar-refractivity contribution is 14.0. The molecule has 27 heavy (non-hydrogen) atoms. The van der Waals surface area contributed by atoms with Gasteiger partial charge >= 0.3 is 0 Å². The molecule has 3 fully saturated rings. The number of halogens is 1. The maximum atomic E-state index is 5.65. The molecule has 0 amide bonds. The Morgan fingerprint density at radius 2 is 2.04 bits per heavy atom. The first-order valence-electron chi connectivity index (χ1n) is 9.66. The first-order valence-corrected chi connectivity index (χ1v) is 9.66. The van der Waals surface area contributed by atoms with Gasteiger partial charge in [0.2, 0.25) is 6.79 Å². The third-order valence-electron chi connectivity index (χ3n) is 6.56. The monoisotopic (exact) mass is 485 g/mol. The summed E-state index contributed by atoms with van der Waals surface area (Å²) in [6.07, 6.45) is 4.80. The summed E-state index contributed by atoms with van der Waals surface area (Å²) in [5.74, 6) is 2.76. The number of benzene rings is 1. The Bertz CT molecular complexity index is 729. The summed E-state index contributed by atoms with van der Waals surface area (Å²) in [4.78, 5) is 6.96. The number of hydrogen-bond acceptors (Lipinski definition) is 4. The second kappa shape index (κ2) is 7.31. The lowest BCUT2D eigenvalue weighted by molar-refractivity contribution is 0.156. The minimum atomic E-state index is 0. The number of ether oxygens (including phenoxy) is 3. The van der Waals surface area contributed by atoms with E-state index >= 15 is 0 Å². The fraction of sp³-hybridized carbons (Fsp3) is 0.650. The van der Waals surface area contributed by atoms with Crippen LogP contribution in [0, 0.1) is 5.41 Å². The molecular weight excluding hydrogens is 457 g/mol. The zero-order valence-electron chi connectivity index (χ0n) is 15.8. The van der Waals surface area contributed by atoms with Gasteiger partial charge in [-0.05, 0) is 43.4 Å². The van der Waals surface area contributed by atoms with Crippen molar-refractivity contribution >= 4 is 29.9 Å². The minimum absolute atomic E-state index is 0. The van der Waals surface area contributed by atoms with Crippen molar-refractivity contribution in [3.63, 3.8) is 0 Å². The zero-order valence-corrected chi connectivity index (χ0v) is 18.2. The number of rotatable bonds is 3. The van der Waals surface area contributed by atoms with Crippen LogP contribution in [0.4, 0.5) is 0 Å². The van der Waals surface area contributed by atoms with Crippen molar-refractivity contribution in [2.45, 2.75) is 31.1 Å². The lowest BCUT2D eigenvalue weighted by Gasteiger charge is -2.26. The van der Waals surface area contributed by atoms with E-state index in [4.69, 9.17) is 14.2 Å². The Morgan fingerprint density at radius 3 is 2.78 bits per heavy atom. The van der Waals surface area contributed by atoms with E-state index in [0.717, 1.165) is 50.3 Å².